The van der Waals surface area contributed by atoms with Crippen LogP contribution in [0.1, 0.15) is 54.8 Å². The van der Waals surface area contributed by atoms with Crippen molar-refractivity contribution in [2.45, 2.75) is 39.2 Å². The van der Waals surface area contributed by atoms with Gasteiger partial charge in [-0.2, -0.15) is 4.98 Å². The van der Waals surface area contributed by atoms with Crippen molar-refractivity contribution in [1.82, 2.24) is 30.2 Å². The number of amides is 2. The van der Waals surface area contributed by atoms with Gasteiger partial charge in [0.15, 0.2) is 0 Å². The minimum atomic E-state index is -2.75. The van der Waals surface area contributed by atoms with E-state index in [-0.39, 0.29) is 29.4 Å². The van der Waals surface area contributed by atoms with Gasteiger partial charge in [-0.3, -0.25) is 14.6 Å². The van der Waals surface area contributed by atoms with Gasteiger partial charge in [-0.15, -0.1) is 0 Å². The van der Waals surface area contributed by atoms with Crippen molar-refractivity contribution in [2.75, 3.05) is 51.7 Å². The van der Waals surface area contributed by atoms with Crippen LogP contribution in [-0.4, -0.2) is 83.6 Å². The van der Waals surface area contributed by atoms with Gasteiger partial charge in [0.1, 0.15) is 0 Å². The summed E-state index contributed by atoms with van der Waals surface area (Å²) in [6.45, 7) is 8.44. The Hall–Kier alpha value is -4.19. The van der Waals surface area contributed by atoms with E-state index in [1.807, 2.05) is 45.8 Å². The van der Waals surface area contributed by atoms with Crippen LogP contribution in [0.15, 0.2) is 53.3 Å². The number of anilines is 1. The monoisotopic (exact) mass is 581 g/mol. The summed E-state index contributed by atoms with van der Waals surface area (Å²) in [5, 5.41) is 6.32. The fourth-order valence-electron chi connectivity index (χ4n) is 4.52. The largest absolute Gasteiger partial charge is 0.366 e. The van der Waals surface area contributed by atoms with Gasteiger partial charge in [-0.25, -0.2) is 8.78 Å². The quantitative estimate of drug-likeness (QED) is 0.377. The Kier molecular flexibility index (Phi) is 9.66. The highest BCUT2D eigenvalue weighted by molar-refractivity contribution is 5.90. The highest BCUT2D eigenvalue weighted by Crippen LogP contribution is 2.34. The van der Waals surface area contributed by atoms with Crippen LogP contribution in [0.3, 0.4) is 0 Å². The number of halogens is 2. The molecule has 0 bridgehead atoms. The lowest BCUT2D eigenvalue weighted by Gasteiger charge is -2.36. The number of hydrogen-bond donors (Lipinski definition) is 1. The predicted molar refractivity (Wildman–Crippen MR) is 155 cm³/mol. The van der Waals surface area contributed by atoms with Gasteiger partial charge in [0, 0.05) is 68.1 Å². The van der Waals surface area contributed by atoms with Gasteiger partial charge in [0.25, 0.3) is 18.2 Å². The van der Waals surface area contributed by atoms with E-state index >= 15 is 0 Å². The number of carbonyl (C=O) groups excluding carboxylic acids is 2. The molecular weight excluding hydrogens is 544 g/mol. The molecule has 224 valence electrons. The smallest absolute Gasteiger partial charge is 0.292 e. The van der Waals surface area contributed by atoms with Crippen molar-refractivity contribution in [3.63, 3.8) is 0 Å². The predicted octanol–water partition coefficient (Wildman–Crippen LogP) is 4.06. The molecule has 1 aliphatic rings. The van der Waals surface area contributed by atoms with Gasteiger partial charge in [0.05, 0.1) is 11.9 Å². The summed E-state index contributed by atoms with van der Waals surface area (Å²) in [6.07, 6.45) is 4.04. The number of benzene rings is 1. The Morgan fingerprint density at radius 1 is 1.14 bits per heavy atom. The molecule has 3 aromatic rings. The van der Waals surface area contributed by atoms with Crippen LogP contribution in [-0.2, 0) is 16.8 Å². The summed E-state index contributed by atoms with van der Waals surface area (Å²) in [6, 6.07) is 6.60. The number of nitrogens with one attached hydrogen (secondary N) is 1. The first-order chi connectivity index (χ1) is 19.9. The highest BCUT2D eigenvalue weighted by Gasteiger charge is 2.25. The maximum absolute atomic E-state index is 14.2. The lowest BCUT2D eigenvalue weighted by atomic mass is 9.97. The molecule has 42 heavy (non-hydrogen) atoms. The molecule has 1 N–H and O–H groups in total. The third-order valence-corrected chi connectivity index (χ3v) is 6.87. The van der Waals surface area contributed by atoms with E-state index in [0.29, 0.717) is 44.2 Å². The molecule has 0 unspecified atom stereocenters. The van der Waals surface area contributed by atoms with Crippen LogP contribution in [0.4, 0.5) is 14.5 Å². The summed E-state index contributed by atoms with van der Waals surface area (Å²) in [5.41, 5.74) is 1.85. The fourth-order valence-corrected chi connectivity index (χ4v) is 4.52. The first-order valence-corrected chi connectivity index (χ1v) is 13.8. The van der Waals surface area contributed by atoms with Gasteiger partial charge in [-0.1, -0.05) is 44.1 Å². The van der Waals surface area contributed by atoms with Crippen molar-refractivity contribution in [3.8, 4) is 11.1 Å². The van der Waals surface area contributed by atoms with Gasteiger partial charge < -0.3 is 24.5 Å². The number of alkyl halides is 2. The Morgan fingerprint density at radius 3 is 2.52 bits per heavy atom. The molecule has 0 spiro atoms. The normalized spacial score (nSPS) is 14.3. The van der Waals surface area contributed by atoms with Crippen molar-refractivity contribution >= 4 is 17.5 Å². The van der Waals surface area contributed by atoms with Crippen LogP contribution >= 0.6 is 0 Å². The van der Waals surface area contributed by atoms with E-state index in [1.54, 1.807) is 41.6 Å². The maximum Gasteiger partial charge on any atom is 0.292 e. The van der Waals surface area contributed by atoms with Crippen molar-refractivity contribution < 1.29 is 22.9 Å². The molecule has 4 rings (SSSR count). The van der Waals surface area contributed by atoms with E-state index in [2.05, 4.69) is 25.3 Å². The van der Waals surface area contributed by atoms with Gasteiger partial charge in [0.2, 0.25) is 11.8 Å². The number of piperazine rings is 1. The summed E-state index contributed by atoms with van der Waals surface area (Å²) >= 11 is 0. The molecule has 1 aromatic carbocycles. The molecule has 0 aliphatic carbocycles. The molecule has 0 radical (unpaired) electrons. The van der Waals surface area contributed by atoms with E-state index in [1.165, 1.54) is 6.07 Å². The SMILES string of the molecule is CN(C)C/C=C/C(=O)N1CCN(c2cnccc2-c2ccc(CNC(=O)c3noc(C(C)(C)C)n3)c(C(F)F)c2)CC1. The summed E-state index contributed by atoms with van der Waals surface area (Å²) < 4.78 is 33.5. The third kappa shape index (κ3) is 7.55. The molecule has 2 amide bonds. The topological polar surface area (TPSA) is 108 Å². The number of carbonyl (C=O) groups is 2. The fraction of sp³-hybridized carbons (Fsp3) is 0.433. The van der Waals surface area contributed by atoms with Crippen molar-refractivity contribution in [1.29, 1.82) is 0 Å². The molecule has 2 aromatic heterocycles. The summed E-state index contributed by atoms with van der Waals surface area (Å²) in [7, 11) is 3.88. The zero-order valence-electron chi connectivity index (χ0n) is 24.6. The van der Waals surface area contributed by atoms with Crippen LogP contribution in [0.25, 0.3) is 11.1 Å². The van der Waals surface area contributed by atoms with Crippen LogP contribution in [0.5, 0.6) is 0 Å². The Balaban J connectivity index is 1.47. The zero-order chi connectivity index (χ0) is 30.4. The number of aromatic nitrogens is 3. The summed E-state index contributed by atoms with van der Waals surface area (Å²) in [4.78, 5) is 39.4. The van der Waals surface area contributed by atoms with Crippen LogP contribution in [0, 0.1) is 0 Å². The molecular formula is C30H37F2N7O3. The Bertz CT molecular complexity index is 1420. The third-order valence-electron chi connectivity index (χ3n) is 6.87. The molecule has 0 atom stereocenters. The molecule has 1 saturated heterocycles. The number of pyridine rings is 1. The number of rotatable bonds is 9. The number of hydrogen-bond acceptors (Lipinski definition) is 8. The first-order valence-electron chi connectivity index (χ1n) is 13.8. The van der Waals surface area contributed by atoms with E-state index in [9.17, 15) is 18.4 Å². The van der Waals surface area contributed by atoms with E-state index in [4.69, 9.17) is 4.52 Å². The molecule has 12 heteroatoms. The lowest BCUT2D eigenvalue weighted by molar-refractivity contribution is -0.126. The second kappa shape index (κ2) is 13.2. The van der Waals surface area contributed by atoms with Crippen LogP contribution < -0.4 is 10.2 Å². The minimum absolute atomic E-state index is 0.0267. The van der Waals surface area contributed by atoms with E-state index in [0.717, 1.165) is 11.3 Å². The average Bonchev–Trinajstić information content (AvgIpc) is 3.47. The van der Waals surface area contributed by atoms with Crippen molar-refractivity contribution in [3.05, 3.63) is 71.7 Å². The maximum atomic E-state index is 14.2. The molecule has 1 fully saturated rings. The standard InChI is InChI=1S/C30H37F2N7O3/c1-30(2,3)29-35-27(36-42-29)28(41)34-18-21-9-8-20(17-23(21)26(31)32)22-10-11-33-19-24(22)38-13-15-39(16-14-38)25(40)7-6-12-37(4)5/h6-11,17,19,26H,12-16,18H2,1-5H3,(H,34,41)/b7-6+. The van der Waals surface area contributed by atoms with Gasteiger partial charge >= 0.3 is 0 Å². The number of nitrogens with zero attached hydrogens (tertiary/aromatic N) is 6. The molecule has 10 nitrogen and oxygen atoms in total. The molecule has 1 aliphatic heterocycles. The molecule has 3 heterocycles. The van der Waals surface area contributed by atoms with Gasteiger partial charge in [-0.05, 0) is 37.4 Å². The first kappa shape index (κ1) is 30.8. The Labute approximate surface area is 244 Å². The Morgan fingerprint density at radius 2 is 1.88 bits per heavy atom. The summed E-state index contributed by atoms with van der Waals surface area (Å²) in [5.74, 6) is -0.479. The van der Waals surface area contributed by atoms with Crippen molar-refractivity contribution in [2.24, 2.45) is 0 Å². The second-order valence-electron chi connectivity index (χ2n) is 11.4. The lowest BCUT2D eigenvalue weighted by Crippen LogP contribution is -2.48. The van der Waals surface area contributed by atoms with E-state index < -0.39 is 17.7 Å². The molecule has 0 saturated carbocycles. The average molecular weight is 582 g/mol. The minimum Gasteiger partial charge on any atom is -0.366 e. The highest BCUT2D eigenvalue weighted by atomic mass is 19.3. The second-order valence-corrected chi connectivity index (χ2v) is 11.4. The van der Waals surface area contributed by atoms with Crippen LogP contribution in [0.2, 0.25) is 0 Å². The zero-order valence-corrected chi connectivity index (χ0v) is 24.6. The number of likely N-dealkylation sites (N-methyl/N-ethyl adjacent to an activating group) is 1.